The van der Waals surface area contributed by atoms with Gasteiger partial charge in [0.2, 0.25) is 0 Å². The minimum absolute atomic E-state index is 0.0540. The van der Waals surface area contributed by atoms with Gasteiger partial charge in [0, 0.05) is 20.2 Å². The first-order valence-electron chi connectivity index (χ1n) is 6.00. The number of hydrazine groups is 1. The molecule has 3 N–H and O–H groups in total. The first-order valence-corrected chi connectivity index (χ1v) is 6.00. The summed E-state index contributed by atoms with van der Waals surface area (Å²) in [4.78, 5) is 18.2. The van der Waals surface area contributed by atoms with E-state index in [-0.39, 0.29) is 12.0 Å². The average molecular weight is 250 g/mol. The molecule has 2 rings (SSSR count). The maximum atomic E-state index is 12.2. The fraction of sp³-hybridized carbons (Fsp3) is 0.500. The number of aromatic nitrogens is 1. The standard InChI is InChI=1S/C12H18N4O2/c1-18-9-5-7-16(8-6-9)12(17)10-3-2-4-11(14-10)15-13/h2-4,9H,5-8,13H2,1H3,(H,14,15). The Balaban J connectivity index is 2.03. The van der Waals surface area contributed by atoms with Crippen molar-refractivity contribution in [2.75, 3.05) is 25.6 Å². The van der Waals surface area contributed by atoms with Crippen LogP contribution in [0.5, 0.6) is 0 Å². The third-order valence-corrected chi connectivity index (χ3v) is 3.18. The van der Waals surface area contributed by atoms with E-state index < -0.39 is 0 Å². The van der Waals surface area contributed by atoms with Crippen LogP contribution in [0.15, 0.2) is 18.2 Å². The molecule has 1 aromatic rings. The third kappa shape index (κ3) is 2.77. The molecule has 98 valence electrons. The molecule has 1 aliphatic rings. The zero-order chi connectivity index (χ0) is 13.0. The SMILES string of the molecule is COC1CCN(C(=O)c2cccc(NN)n2)CC1. The number of pyridine rings is 1. The van der Waals surface area contributed by atoms with Crippen molar-refractivity contribution in [1.82, 2.24) is 9.88 Å². The summed E-state index contributed by atoms with van der Waals surface area (Å²) in [6.07, 6.45) is 2.01. The first kappa shape index (κ1) is 12.8. The minimum atomic E-state index is -0.0540. The Bertz CT molecular complexity index is 416. The van der Waals surface area contributed by atoms with E-state index in [1.54, 1.807) is 30.2 Å². The van der Waals surface area contributed by atoms with Crippen molar-refractivity contribution in [3.63, 3.8) is 0 Å². The fourth-order valence-corrected chi connectivity index (χ4v) is 2.09. The number of carbonyl (C=O) groups is 1. The molecule has 0 spiro atoms. The monoisotopic (exact) mass is 250 g/mol. The zero-order valence-electron chi connectivity index (χ0n) is 10.4. The maximum Gasteiger partial charge on any atom is 0.272 e. The smallest absolute Gasteiger partial charge is 0.272 e. The second-order valence-electron chi connectivity index (χ2n) is 4.28. The van der Waals surface area contributed by atoms with Gasteiger partial charge in [-0.25, -0.2) is 10.8 Å². The van der Waals surface area contributed by atoms with Crippen LogP contribution in [-0.2, 0) is 4.74 Å². The highest BCUT2D eigenvalue weighted by Gasteiger charge is 2.24. The number of methoxy groups -OCH3 is 1. The number of carbonyl (C=O) groups excluding carboxylic acids is 1. The lowest BCUT2D eigenvalue weighted by Crippen LogP contribution is -2.41. The Labute approximate surface area is 106 Å². The first-order chi connectivity index (χ1) is 8.74. The van der Waals surface area contributed by atoms with Crippen molar-refractivity contribution in [2.24, 2.45) is 5.84 Å². The average Bonchev–Trinajstić information content (AvgIpc) is 2.46. The van der Waals surface area contributed by atoms with Crippen LogP contribution in [0.2, 0.25) is 0 Å². The van der Waals surface area contributed by atoms with Crippen LogP contribution >= 0.6 is 0 Å². The Kier molecular flexibility index (Phi) is 4.11. The molecule has 2 heterocycles. The van der Waals surface area contributed by atoms with Crippen LogP contribution < -0.4 is 11.3 Å². The van der Waals surface area contributed by atoms with E-state index in [9.17, 15) is 4.79 Å². The topological polar surface area (TPSA) is 80.5 Å². The molecule has 1 saturated heterocycles. The van der Waals surface area contributed by atoms with Gasteiger partial charge in [-0.3, -0.25) is 4.79 Å². The second kappa shape index (κ2) is 5.79. The van der Waals surface area contributed by atoms with E-state index in [1.807, 2.05) is 0 Å². The van der Waals surface area contributed by atoms with Crippen LogP contribution in [0.25, 0.3) is 0 Å². The quantitative estimate of drug-likeness (QED) is 0.607. The number of likely N-dealkylation sites (tertiary alicyclic amines) is 1. The third-order valence-electron chi connectivity index (χ3n) is 3.18. The molecule has 6 heteroatoms. The van der Waals surface area contributed by atoms with Crippen molar-refractivity contribution < 1.29 is 9.53 Å². The molecule has 1 aromatic heterocycles. The molecule has 0 atom stereocenters. The molecule has 1 fully saturated rings. The fourth-order valence-electron chi connectivity index (χ4n) is 2.09. The van der Waals surface area contributed by atoms with Crippen molar-refractivity contribution in [3.05, 3.63) is 23.9 Å². The van der Waals surface area contributed by atoms with E-state index in [2.05, 4.69) is 10.4 Å². The number of rotatable bonds is 3. The maximum absolute atomic E-state index is 12.2. The molecular weight excluding hydrogens is 232 g/mol. The molecule has 0 aliphatic carbocycles. The molecule has 1 amide bonds. The molecule has 6 nitrogen and oxygen atoms in total. The van der Waals surface area contributed by atoms with Crippen LogP contribution in [0.1, 0.15) is 23.3 Å². The van der Waals surface area contributed by atoms with Crippen molar-refractivity contribution in [3.8, 4) is 0 Å². The molecule has 0 radical (unpaired) electrons. The predicted molar refractivity (Wildman–Crippen MR) is 68.0 cm³/mol. The van der Waals surface area contributed by atoms with Gasteiger partial charge < -0.3 is 15.1 Å². The molecule has 1 aliphatic heterocycles. The Morgan fingerprint density at radius 2 is 2.22 bits per heavy atom. The van der Waals surface area contributed by atoms with Gasteiger partial charge in [0.25, 0.3) is 5.91 Å². The summed E-state index contributed by atoms with van der Waals surface area (Å²) in [5.74, 6) is 5.72. The number of piperidine rings is 1. The number of nitrogen functional groups attached to an aromatic ring is 1. The summed E-state index contributed by atoms with van der Waals surface area (Å²) in [5.41, 5.74) is 2.86. The summed E-state index contributed by atoms with van der Waals surface area (Å²) in [6.45, 7) is 1.42. The van der Waals surface area contributed by atoms with Gasteiger partial charge in [0.1, 0.15) is 11.5 Å². The summed E-state index contributed by atoms with van der Waals surface area (Å²) in [5, 5.41) is 0. The van der Waals surface area contributed by atoms with E-state index in [0.717, 1.165) is 12.8 Å². The van der Waals surface area contributed by atoms with Crippen LogP contribution in [0.3, 0.4) is 0 Å². The van der Waals surface area contributed by atoms with Crippen LogP contribution in [-0.4, -0.2) is 42.1 Å². The zero-order valence-corrected chi connectivity index (χ0v) is 10.4. The van der Waals surface area contributed by atoms with E-state index in [0.29, 0.717) is 24.6 Å². The molecule has 0 bridgehead atoms. The Hall–Kier alpha value is -1.66. The normalized spacial score (nSPS) is 16.7. The van der Waals surface area contributed by atoms with E-state index >= 15 is 0 Å². The summed E-state index contributed by atoms with van der Waals surface area (Å²) in [7, 11) is 1.71. The van der Waals surface area contributed by atoms with Crippen molar-refractivity contribution in [1.29, 1.82) is 0 Å². The number of nitrogens with one attached hydrogen (secondary N) is 1. The van der Waals surface area contributed by atoms with E-state index in [4.69, 9.17) is 10.6 Å². The van der Waals surface area contributed by atoms with Gasteiger partial charge in [-0.1, -0.05) is 6.07 Å². The second-order valence-corrected chi connectivity index (χ2v) is 4.28. The molecule has 18 heavy (non-hydrogen) atoms. The Morgan fingerprint density at radius 1 is 1.50 bits per heavy atom. The Morgan fingerprint density at radius 3 is 2.83 bits per heavy atom. The number of hydrogen-bond donors (Lipinski definition) is 2. The van der Waals surface area contributed by atoms with Gasteiger partial charge in [0.15, 0.2) is 0 Å². The minimum Gasteiger partial charge on any atom is -0.381 e. The number of nitrogens with two attached hydrogens (primary N) is 1. The molecular formula is C12H18N4O2. The number of amides is 1. The van der Waals surface area contributed by atoms with Gasteiger partial charge in [-0.2, -0.15) is 0 Å². The summed E-state index contributed by atoms with van der Waals surface area (Å²) >= 11 is 0. The van der Waals surface area contributed by atoms with Gasteiger partial charge in [-0.05, 0) is 25.0 Å². The van der Waals surface area contributed by atoms with Crippen molar-refractivity contribution >= 4 is 11.7 Å². The summed E-state index contributed by atoms with van der Waals surface area (Å²) < 4.78 is 5.28. The number of anilines is 1. The van der Waals surface area contributed by atoms with Gasteiger partial charge in [0.05, 0.1) is 6.10 Å². The lowest BCUT2D eigenvalue weighted by molar-refractivity contribution is 0.0348. The van der Waals surface area contributed by atoms with Crippen LogP contribution in [0, 0.1) is 0 Å². The van der Waals surface area contributed by atoms with Crippen LogP contribution in [0.4, 0.5) is 5.82 Å². The highest BCUT2D eigenvalue weighted by atomic mass is 16.5. The molecule has 0 aromatic carbocycles. The van der Waals surface area contributed by atoms with Gasteiger partial charge >= 0.3 is 0 Å². The number of nitrogens with zero attached hydrogens (tertiary/aromatic N) is 2. The van der Waals surface area contributed by atoms with Crippen molar-refractivity contribution in [2.45, 2.75) is 18.9 Å². The number of ether oxygens (including phenoxy) is 1. The largest absolute Gasteiger partial charge is 0.381 e. The van der Waals surface area contributed by atoms with E-state index in [1.165, 1.54) is 0 Å². The lowest BCUT2D eigenvalue weighted by atomic mass is 10.1. The lowest BCUT2D eigenvalue weighted by Gasteiger charge is -2.31. The van der Waals surface area contributed by atoms with Gasteiger partial charge in [-0.15, -0.1) is 0 Å². The molecule has 0 unspecified atom stereocenters. The highest BCUT2D eigenvalue weighted by Crippen LogP contribution is 2.15. The molecule has 0 saturated carbocycles. The summed E-state index contributed by atoms with van der Waals surface area (Å²) in [6, 6.07) is 5.18. The number of hydrogen-bond acceptors (Lipinski definition) is 5. The predicted octanol–water partition coefficient (Wildman–Crippen LogP) is 0.618. The highest BCUT2D eigenvalue weighted by molar-refractivity contribution is 5.92.